The number of carboxylic acid groups (broad SMARTS) is 1. The van der Waals surface area contributed by atoms with Crippen molar-refractivity contribution in [3.8, 4) is 16.9 Å². The van der Waals surface area contributed by atoms with Crippen LogP contribution in [0.5, 0.6) is 0 Å². The van der Waals surface area contributed by atoms with Crippen molar-refractivity contribution in [2.45, 2.75) is 46.0 Å². The average molecular weight is 362 g/mol. The summed E-state index contributed by atoms with van der Waals surface area (Å²) in [6.45, 7) is 8.55. The largest absolute Gasteiger partial charge is 0.478 e. The van der Waals surface area contributed by atoms with Gasteiger partial charge in [-0.1, -0.05) is 76.6 Å². The Morgan fingerprint density at radius 2 is 1.67 bits per heavy atom. The Balaban J connectivity index is 2.23. The van der Waals surface area contributed by atoms with Crippen LogP contribution in [-0.4, -0.2) is 20.9 Å². The van der Waals surface area contributed by atoms with Crippen LogP contribution in [0.2, 0.25) is 0 Å². The number of carbonyl (C=O) groups is 1. The van der Waals surface area contributed by atoms with Gasteiger partial charge in [0.15, 0.2) is 0 Å². The van der Waals surface area contributed by atoms with E-state index in [0.29, 0.717) is 23.4 Å². The van der Waals surface area contributed by atoms with E-state index >= 15 is 0 Å². The molecule has 0 atom stereocenters. The molecule has 1 heterocycles. The van der Waals surface area contributed by atoms with Gasteiger partial charge in [-0.05, 0) is 29.5 Å². The first kappa shape index (κ1) is 18.9. The molecule has 0 saturated heterocycles. The molecule has 0 bridgehead atoms. The number of hydrogen-bond donors (Lipinski definition) is 1. The molecule has 4 nitrogen and oxygen atoms in total. The first-order chi connectivity index (χ1) is 12.8. The Labute approximate surface area is 160 Å². The molecule has 0 aliphatic carbocycles. The molecule has 140 valence electrons. The van der Waals surface area contributed by atoms with Gasteiger partial charge in [-0.2, -0.15) is 5.10 Å². The van der Waals surface area contributed by atoms with Crippen molar-refractivity contribution in [1.29, 1.82) is 0 Å². The number of aromatic nitrogens is 2. The Bertz CT molecular complexity index is 933. The van der Waals surface area contributed by atoms with Crippen molar-refractivity contribution in [2.24, 2.45) is 0 Å². The minimum Gasteiger partial charge on any atom is -0.478 e. The van der Waals surface area contributed by atoms with Gasteiger partial charge in [0.25, 0.3) is 0 Å². The summed E-state index contributed by atoms with van der Waals surface area (Å²) in [5.41, 5.74) is 4.56. The van der Waals surface area contributed by atoms with E-state index in [4.69, 9.17) is 5.10 Å². The van der Waals surface area contributed by atoms with E-state index in [2.05, 4.69) is 32.9 Å². The fraction of sp³-hybridized carbons (Fsp3) is 0.304. The molecule has 3 rings (SSSR count). The molecule has 0 fully saturated rings. The van der Waals surface area contributed by atoms with E-state index in [-0.39, 0.29) is 5.41 Å². The summed E-state index contributed by atoms with van der Waals surface area (Å²) >= 11 is 0. The second-order valence-corrected chi connectivity index (χ2v) is 7.80. The van der Waals surface area contributed by atoms with E-state index < -0.39 is 5.97 Å². The zero-order valence-electron chi connectivity index (χ0n) is 16.4. The quantitative estimate of drug-likeness (QED) is 0.653. The van der Waals surface area contributed by atoms with Crippen molar-refractivity contribution in [3.05, 3.63) is 71.4 Å². The summed E-state index contributed by atoms with van der Waals surface area (Å²) in [5.74, 6) is -0.935. The lowest BCUT2D eigenvalue weighted by atomic mass is 9.87. The van der Waals surface area contributed by atoms with E-state index in [1.54, 1.807) is 4.68 Å². The molecule has 0 spiro atoms. The Kier molecular flexibility index (Phi) is 5.17. The number of aromatic carboxylic acids is 1. The van der Waals surface area contributed by atoms with E-state index in [1.807, 2.05) is 49.4 Å². The maximum atomic E-state index is 12.1. The maximum absolute atomic E-state index is 12.1. The second-order valence-electron chi connectivity index (χ2n) is 7.80. The lowest BCUT2D eigenvalue weighted by Crippen LogP contribution is -2.11. The van der Waals surface area contributed by atoms with Crippen molar-refractivity contribution in [1.82, 2.24) is 9.78 Å². The Morgan fingerprint density at radius 3 is 2.19 bits per heavy atom. The van der Waals surface area contributed by atoms with Gasteiger partial charge >= 0.3 is 5.97 Å². The maximum Gasteiger partial charge on any atom is 0.339 e. The smallest absolute Gasteiger partial charge is 0.339 e. The van der Waals surface area contributed by atoms with Crippen LogP contribution in [-0.2, 0) is 11.8 Å². The van der Waals surface area contributed by atoms with Gasteiger partial charge in [0, 0.05) is 5.56 Å². The summed E-state index contributed by atoms with van der Waals surface area (Å²) in [7, 11) is 0. The number of benzene rings is 2. The Hall–Kier alpha value is -2.88. The number of hydrogen-bond acceptors (Lipinski definition) is 2. The highest BCUT2D eigenvalue weighted by Crippen LogP contribution is 2.31. The SMILES string of the molecule is CCCc1nn(-c2ccc(C(C)(C)C)cc2)c(-c2ccccc2)c1C(=O)O. The molecule has 1 aromatic heterocycles. The molecule has 4 heteroatoms. The van der Waals surface area contributed by atoms with Crippen molar-refractivity contribution in [2.75, 3.05) is 0 Å². The van der Waals surface area contributed by atoms with E-state index in [0.717, 1.165) is 17.7 Å². The highest BCUT2D eigenvalue weighted by Gasteiger charge is 2.25. The van der Waals surface area contributed by atoms with Crippen LogP contribution >= 0.6 is 0 Å². The third kappa shape index (κ3) is 3.80. The molecule has 0 radical (unpaired) electrons. The summed E-state index contributed by atoms with van der Waals surface area (Å²) in [4.78, 5) is 12.1. The van der Waals surface area contributed by atoms with E-state index in [1.165, 1.54) is 5.56 Å². The predicted molar refractivity (Wildman–Crippen MR) is 109 cm³/mol. The monoisotopic (exact) mass is 362 g/mol. The number of rotatable bonds is 5. The number of carboxylic acids is 1. The van der Waals surface area contributed by atoms with Gasteiger partial charge in [0.05, 0.1) is 17.1 Å². The fourth-order valence-electron chi connectivity index (χ4n) is 3.25. The summed E-state index contributed by atoms with van der Waals surface area (Å²) in [6.07, 6.45) is 1.48. The minimum absolute atomic E-state index is 0.0600. The molecule has 2 aromatic carbocycles. The third-order valence-corrected chi connectivity index (χ3v) is 4.68. The third-order valence-electron chi connectivity index (χ3n) is 4.68. The van der Waals surface area contributed by atoms with Gasteiger partial charge in [-0.3, -0.25) is 0 Å². The summed E-state index contributed by atoms with van der Waals surface area (Å²) < 4.78 is 1.77. The standard InChI is InChI=1S/C23H26N2O2/c1-5-9-19-20(22(26)27)21(16-10-7-6-8-11-16)25(24-19)18-14-12-17(13-15-18)23(2,3)4/h6-8,10-15H,5,9H2,1-4H3,(H,26,27). The molecule has 0 unspecified atom stereocenters. The zero-order chi connectivity index (χ0) is 19.6. The highest BCUT2D eigenvalue weighted by molar-refractivity contribution is 5.96. The molecule has 1 N–H and O–H groups in total. The number of nitrogens with zero attached hydrogens (tertiary/aromatic N) is 2. The molecule has 0 amide bonds. The van der Waals surface area contributed by atoms with Crippen molar-refractivity contribution >= 4 is 5.97 Å². The summed E-state index contributed by atoms with van der Waals surface area (Å²) in [6, 6.07) is 17.8. The topological polar surface area (TPSA) is 55.1 Å². The van der Waals surface area contributed by atoms with Crippen LogP contribution < -0.4 is 0 Å². The molecule has 0 aliphatic heterocycles. The average Bonchev–Trinajstić information content (AvgIpc) is 3.02. The van der Waals surface area contributed by atoms with Crippen LogP contribution in [0, 0.1) is 0 Å². The van der Waals surface area contributed by atoms with Gasteiger partial charge in [-0.25, -0.2) is 9.48 Å². The normalized spacial score (nSPS) is 11.6. The first-order valence-electron chi connectivity index (χ1n) is 9.34. The molecular formula is C23H26N2O2. The molecule has 0 saturated carbocycles. The Morgan fingerprint density at radius 1 is 1.04 bits per heavy atom. The van der Waals surface area contributed by atoms with Crippen LogP contribution in [0.15, 0.2) is 54.6 Å². The summed E-state index contributed by atoms with van der Waals surface area (Å²) in [5, 5.41) is 14.6. The first-order valence-corrected chi connectivity index (χ1v) is 9.34. The number of aryl methyl sites for hydroxylation is 1. The van der Waals surface area contributed by atoms with Crippen LogP contribution in [0.3, 0.4) is 0 Å². The second kappa shape index (κ2) is 7.39. The van der Waals surface area contributed by atoms with Gasteiger partial charge in [0.2, 0.25) is 0 Å². The molecular weight excluding hydrogens is 336 g/mol. The predicted octanol–water partition coefficient (Wildman–Crippen LogP) is 5.49. The van der Waals surface area contributed by atoms with Crippen LogP contribution in [0.1, 0.15) is 55.7 Å². The highest BCUT2D eigenvalue weighted by atomic mass is 16.4. The van der Waals surface area contributed by atoms with Gasteiger partial charge in [0.1, 0.15) is 5.56 Å². The van der Waals surface area contributed by atoms with Crippen LogP contribution in [0.4, 0.5) is 0 Å². The van der Waals surface area contributed by atoms with Gasteiger partial charge in [-0.15, -0.1) is 0 Å². The molecule has 27 heavy (non-hydrogen) atoms. The van der Waals surface area contributed by atoms with Crippen LogP contribution in [0.25, 0.3) is 16.9 Å². The zero-order valence-corrected chi connectivity index (χ0v) is 16.4. The van der Waals surface area contributed by atoms with Crippen molar-refractivity contribution in [3.63, 3.8) is 0 Å². The lowest BCUT2D eigenvalue weighted by molar-refractivity contribution is 0.0696. The molecule has 0 aliphatic rings. The fourth-order valence-corrected chi connectivity index (χ4v) is 3.25. The lowest BCUT2D eigenvalue weighted by Gasteiger charge is -2.19. The van der Waals surface area contributed by atoms with E-state index in [9.17, 15) is 9.90 Å². The van der Waals surface area contributed by atoms with Gasteiger partial charge < -0.3 is 5.11 Å². The van der Waals surface area contributed by atoms with Crippen molar-refractivity contribution < 1.29 is 9.90 Å². The minimum atomic E-state index is -0.935. The molecule has 3 aromatic rings.